The quantitative estimate of drug-likeness (QED) is 0.730. The summed E-state index contributed by atoms with van der Waals surface area (Å²) in [5.41, 5.74) is 1.38. The lowest BCUT2D eigenvalue weighted by molar-refractivity contribution is 0.354. The number of fused-ring (bicyclic) bond motifs is 1. The molecular formula is C15H15N3O3. The third kappa shape index (κ3) is 2.35. The topological polar surface area (TPSA) is 57.8 Å². The van der Waals surface area contributed by atoms with Crippen molar-refractivity contribution in [3.05, 3.63) is 58.6 Å². The lowest BCUT2D eigenvalue weighted by Gasteiger charge is -2.09. The van der Waals surface area contributed by atoms with Crippen molar-refractivity contribution in [2.45, 2.75) is 6.54 Å². The smallest absolute Gasteiger partial charge is 0.350 e. The number of hydrogen-bond donors (Lipinski definition) is 0. The van der Waals surface area contributed by atoms with E-state index in [1.165, 1.54) is 9.08 Å². The molecule has 3 rings (SSSR count). The van der Waals surface area contributed by atoms with Gasteiger partial charge >= 0.3 is 5.69 Å². The fraction of sp³-hybridized carbons (Fsp3) is 0.200. The van der Waals surface area contributed by atoms with Gasteiger partial charge in [0.05, 0.1) is 20.8 Å². The van der Waals surface area contributed by atoms with Crippen molar-refractivity contribution in [1.82, 2.24) is 14.2 Å². The van der Waals surface area contributed by atoms with Gasteiger partial charge < -0.3 is 9.47 Å². The summed E-state index contributed by atoms with van der Waals surface area (Å²) in [4.78, 5) is 12.2. The molecule has 0 aliphatic carbocycles. The van der Waals surface area contributed by atoms with E-state index in [1.807, 2.05) is 24.3 Å². The molecule has 0 unspecified atom stereocenters. The van der Waals surface area contributed by atoms with Crippen molar-refractivity contribution in [3.63, 3.8) is 0 Å². The highest BCUT2D eigenvalue weighted by Gasteiger charge is 2.09. The molecule has 2 heterocycles. The second kappa shape index (κ2) is 5.32. The van der Waals surface area contributed by atoms with E-state index in [0.717, 1.165) is 5.56 Å². The molecule has 0 radical (unpaired) electrons. The van der Waals surface area contributed by atoms with Gasteiger partial charge in [0.15, 0.2) is 17.1 Å². The molecule has 6 heteroatoms. The highest BCUT2D eigenvalue weighted by Crippen LogP contribution is 2.27. The van der Waals surface area contributed by atoms with Crippen LogP contribution in [0, 0.1) is 0 Å². The van der Waals surface area contributed by atoms with Crippen LogP contribution in [0.25, 0.3) is 5.65 Å². The molecule has 108 valence electrons. The first-order chi connectivity index (χ1) is 10.2. The average Bonchev–Trinajstić information content (AvgIpc) is 2.84. The molecular weight excluding hydrogens is 270 g/mol. The fourth-order valence-corrected chi connectivity index (χ4v) is 2.22. The lowest BCUT2D eigenvalue weighted by Crippen LogP contribution is -2.21. The van der Waals surface area contributed by atoms with E-state index >= 15 is 0 Å². The summed E-state index contributed by atoms with van der Waals surface area (Å²) in [6, 6.07) is 11.0. The normalized spacial score (nSPS) is 10.8. The standard InChI is InChI=1S/C15H15N3O3/c1-20-12-7-6-11(9-13(12)21-2)10-18-15(19)17-8-4-3-5-14(17)16-18/h3-9H,10H2,1-2H3. The maximum atomic E-state index is 12.2. The van der Waals surface area contributed by atoms with E-state index < -0.39 is 0 Å². The maximum Gasteiger partial charge on any atom is 0.350 e. The second-order valence-corrected chi connectivity index (χ2v) is 4.56. The molecule has 0 bridgehead atoms. The molecule has 3 aromatic rings. The number of nitrogens with zero attached hydrogens (tertiary/aromatic N) is 3. The summed E-state index contributed by atoms with van der Waals surface area (Å²) in [5.74, 6) is 1.29. The number of hydrogen-bond acceptors (Lipinski definition) is 4. The van der Waals surface area contributed by atoms with Gasteiger partial charge in [-0.2, -0.15) is 0 Å². The first-order valence-electron chi connectivity index (χ1n) is 6.48. The first-order valence-corrected chi connectivity index (χ1v) is 6.48. The van der Waals surface area contributed by atoms with Crippen molar-refractivity contribution < 1.29 is 9.47 Å². The molecule has 0 atom stereocenters. The molecule has 0 aliphatic heterocycles. The highest BCUT2D eigenvalue weighted by atomic mass is 16.5. The van der Waals surface area contributed by atoms with Gasteiger partial charge in [-0.25, -0.2) is 9.48 Å². The van der Waals surface area contributed by atoms with Crippen molar-refractivity contribution >= 4 is 5.65 Å². The van der Waals surface area contributed by atoms with Crippen LogP contribution in [0.2, 0.25) is 0 Å². The van der Waals surface area contributed by atoms with Gasteiger partial charge in [0.2, 0.25) is 0 Å². The highest BCUT2D eigenvalue weighted by molar-refractivity contribution is 5.43. The number of pyridine rings is 1. The third-order valence-electron chi connectivity index (χ3n) is 3.27. The van der Waals surface area contributed by atoms with Gasteiger partial charge in [0.25, 0.3) is 0 Å². The van der Waals surface area contributed by atoms with Crippen LogP contribution in [0.5, 0.6) is 11.5 Å². The third-order valence-corrected chi connectivity index (χ3v) is 3.27. The van der Waals surface area contributed by atoms with Crippen molar-refractivity contribution in [1.29, 1.82) is 0 Å². The Hall–Kier alpha value is -2.76. The Bertz CT molecular complexity index is 836. The summed E-state index contributed by atoms with van der Waals surface area (Å²) in [5, 5.41) is 4.30. The van der Waals surface area contributed by atoms with E-state index in [9.17, 15) is 4.79 Å². The van der Waals surface area contributed by atoms with E-state index in [4.69, 9.17) is 9.47 Å². The average molecular weight is 285 g/mol. The van der Waals surface area contributed by atoms with Crippen LogP contribution in [-0.4, -0.2) is 28.4 Å². The summed E-state index contributed by atoms with van der Waals surface area (Å²) >= 11 is 0. The van der Waals surface area contributed by atoms with Gasteiger partial charge in [-0.1, -0.05) is 12.1 Å². The van der Waals surface area contributed by atoms with E-state index in [0.29, 0.717) is 23.7 Å². The number of methoxy groups -OCH3 is 2. The van der Waals surface area contributed by atoms with E-state index in [1.54, 1.807) is 32.5 Å². The number of aromatic nitrogens is 3. The summed E-state index contributed by atoms with van der Waals surface area (Å²) < 4.78 is 13.4. The second-order valence-electron chi connectivity index (χ2n) is 4.56. The molecule has 0 saturated heterocycles. The minimum atomic E-state index is -0.166. The van der Waals surface area contributed by atoms with Crippen molar-refractivity contribution in [2.75, 3.05) is 14.2 Å². The largest absolute Gasteiger partial charge is 0.493 e. The summed E-state index contributed by atoms with van der Waals surface area (Å²) in [6.07, 6.45) is 1.70. The Morgan fingerprint density at radius 1 is 1.10 bits per heavy atom. The van der Waals surface area contributed by atoms with Gasteiger partial charge in [0.1, 0.15) is 0 Å². The van der Waals surface area contributed by atoms with Crippen LogP contribution in [0.1, 0.15) is 5.56 Å². The number of ether oxygens (including phenoxy) is 2. The fourth-order valence-electron chi connectivity index (χ4n) is 2.22. The minimum Gasteiger partial charge on any atom is -0.493 e. The summed E-state index contributed by atoms with van der Waals surface area (Å²) in [7, 11) is 3.17. The molecule has 0 N–H and O–H groups in total. The lowest BCUT2D eigenvalue weighted by atomic mass is 10.2. The zero-order valence-electron chi connectivity index (χ0n) is 11.8. The van der Waals surface area contributed by atoms with Gasteiger partial charge in [-0.15, -0.1) is 5.10 Å². The van der Waals surface area contributed by atoms with Crippen LogP contribution >= 0.6 is 0 Å². The maximum absolute atomic E-state index is 12.2. The molecule has 6 nitrogen and oxygen atoms in total. The molecule has 0 fully saturated rings. The SMILES string of the molecule is COc1ccc(Cn2nc3ccccn3c2=O)cc1OC. The van der Waals surface area contributed by atoms with Crippen LogP contribution in [0.15, 0.2) is 47.4 Å². The Labute approximate surface area is 121 Å². The first kappa shape index (κ1) is 13.2. The zero-order valence-corrected chi connectivity index (χ0v) is 11.8. The molecule has 1 aromatic carbocycles. The van der Waals surface area contributed by atoms with E-state index in [2.05, 4.69) is 5.10 Å². The Morgan fingerprint density at radius 2 is 1.90 bits per heavy atom. The van der Waals surface area contributed by atoms with Gasteiger partial charge in [-0.3, -0.25) is 4.40 Å². The Balaban J connectivity index is 1.99. The predicted octanol–water partition coefficient (Wildman–Crippen LogP) is 1.56. The number of benzene rings is 1. The minimum absolute atomic E-state index is 0.166. The van der Waals surface area contributed by atoms with Crippen LogP contribution < -0.4 is 15.2 Å². The molecule has 0 spiro atoms. The Morgan fingerprint density at radius 3 is 2.62 bits per heavy atom. The molecule has 0 amide bonds. The molecule has 2 aromatic heterocycles. The monoisotopic (exact) mass is 285 g/mol. The van der Waals surface area contributed by atoms with E-state index in [-0.39, 0.29) is 5.69 Å². The Kier molecular flexibility index (Phi) is 3.35. The molecule has 0 aliphatic rings. The number of rotatable bonds is 4. The van der Waals surface area contributed by atoms with Crippen molar-refractivity contribution in [2.24, 2.45) is 0 Å². The molecule has 0 saturated carbocycles. The van der Waals surface area contributed by atoms with Crippen LogP contribution in [0.4, 0.5) is 0 Å². The zero-order chi connectivity index (χ0) is 14.8. The van der Waals surface area contributed by atoms with Crippen LogP contribution in [0.3, 0.4) is 0 Å². The molecule has 21 heavy (non-hydrogen) atoms. The predicted molar refractivity (Wildman–Crippen MR) is 78.1 cm³/mol. The van der Waals surface area contributed by atoms with Gasteiger partial charge in [0, 0.05) is 6.20 Å². The van der Waals surface area contributed by atoms with Gasteiger partial charge in [-0.05, 0) is 29.8 Å². The van der Waals surface area contributed by atoms with Crippen molar-refractivity contribution in [3.8, 4) is 11.5 Å². The van der Waals surface area contributed by atoms with Crippen LogP contribution in [-0.2, 0) is 6.54 Å². The summed E-state index contributed by atoms with van der Waals surface area (Å²) in [6.45, 7) is 0.376.